The minimum absolute atomic E-state index is 0.0865. The molecule has 0 amide bonds. The van der Waals surface area contributed by atoms with Crippen LogP contribution >= 0.6 is 0 Å². The molecule has 260 valence electrons. The van der Waals surface area contributed by atoms with Crippen LogP contribution in [0.15, 0.2) is 12.2 Å². The van der Waals surface area contributed by atoms with E-state index in [1.807, 2.05) is 0 Å². The number of hydrogen-bond donors (Lipinski definition) is 0. The summed E-state index contributed by atoms with van der Waals surface area (Å²) in [5, 5.41) is 0. The summed E-state index contributed by atoms with van der Waals surface area (Å²) in [5.41, 5.74) is 0. The summed E-state index contributed by atoms with van der Waals surface area (Å²) in [4.78, 5) is 24.8. The van der Waals surface area contributed by atoms with Gasteiger partial charge in [0.05, 0.1) is 6.61 Å². The van der Waals surface area contributed by atoms with E-state index in [1.165, 1.54) is 116 Å². The Morgan fingerprint density at radius 3 is 1.45 bits per heavy atom. The van der Waals surface area contributed by atoms with Crippen LogP contribution in [0.2, 0.25) is 0 Å². The first-order valence-corrected chi connectivity index (χ1v) is 19.2. The summed E-state index contributed by atoms with van der Waals surface area (Å²) in [5.74, 6) is -0.415. The van der Waals surface area contributed by atoms with Gasteiger partial charge in [0.1, 0.15) is 6.61 Å². The van der Waals surface area contributed by atoms with Crippen molar-refractivity contribution in [2.75, 3.05) is 19.8 Å². The summed E-state index contributed by atoms with van der Waals surface area (Å²) in [6.45, 7) is 7.72. The van der Waals surface area contributed by atoms with Crippen molar-refractivity contribution in [3.8, 4) is 0 Å². The van der Waals surface area contributed by atoms with Crippen LogP contribution in [0.5, 0.6) is 0 Å². The molecule has 0 fully saturated rings. The molecular weight excluding hydrogens is 548 g/mol. The predicted molar refractivity (Wildman–Crippen MR) is 187 cm³/mol. The number of unbranched alkanes of at least 4 members (excludes halogenated alkanes) is 22. The van der Waals surface area contributed by atoms with Crippen LogP contribution in [0.1, 0.15) is 201 Å². The van der Waals surface area contributed by atoms with E-state index in [9.17, 15) is 9.59 Å². The first-order valence-electron chi connectivity index (χ1n) is 19.2. The molecule has 44 heavy (non-hydrogen) atoms. The lowest BCUT2D eigenvalue weighted by Crippen LogP contribution is -2.30. The van der Waals surface area contributed by atoms with Crippen LogP contribution in [0.4, 0.5) is 0 Å². The maximum Gasteiger partial charge on any atom is 0.306 e. The lowest BCUT2D eigenvalue weighted by molar-refractivity contribution is -0.163. The molecule has 0 saturated carbocycles. The Bertz CT molecular complexity index is 632. The zero-order chi connectivity index (χ0) is 32.2. The second kappa shape index (κ2) is 36.1. The molecule has 0 aliphatic carbocycles. The van der Waals surface area contributed by atoms with Gasteiger partial charge >= 0.3 is 11.9 Å². The van der Waals surface area contributed by atoms with E-state index in [0.29, 0.717) is 26.1 Å². The van der Waals surface area contributed by atoms with Gasteiger partial charge in [0.2, 0.25) is 0 Å². The minimum atomic E-state index is -0.523. The molecule has 0 aromatic carbocycles. The summed E-state index contributed by atoms with van der Waals surface area (Å²) >= 11 is 0. The normalized spacial score (nSPS) is 12.2. The Hall–Kier alpha value is -1.36. The third-order valence-electron chi connectivity index (χ3n) is 8.30. The summed E-state index contributed by atoms with van der Waals surface area (Å²) in [7, 11) is 0. The van der Waals surface area contributed by atoms with E-state index in [0.717, 1.165) is 51.4 Å². The third kappa shape index (κ3) is 33.5. The smallest absolute Gasteiger partial charge is 0.306 e. The Morgan fingerprint density at radius 1 is 0.477 bits per heavy atom. The number of hydrogen-bond acceptors (Lipinski definition) is 5. The van der Waals surface area contributed by atoms with Gasteiger partial charge in [-0.3, -0.25) is 9.59 Å². The highest BCUT2D eigenvalue weighted by Gasteiger charge is 2.17. The molecule has 0 heterocycles. The maximum absolute atomic E-state index is 12.4. The molecule has 0 radical (unpaired) electrons. The Kier molecular flexibility index (Phi) is 35.0. The second-order valence-electron chi connectivity index (χ2n) is 12.8. The minimum Gasteiger partial charge on any atom is -0.462 e. The van der Waals surface area contributed by atoms with Gasteiger partial charge in [0.25, 0.3) is 0 Å². The standard InChI is InChI=1S/C39H74O5/c1-4-7-10-13-15-17-19-21-23-25-28-31-34-42-35-37(44-39(41)33-30-26-12-9-6-3)36-43-38(40)32-29-27-24-22-20-18-16-14-11-8-5-2/h14,16,37H,4-13,15,17-36H2,1-3H3/b16-14-. The first-order chi connectivity index (χ1) is 21.6. The van der Waals surface area contributed by atoms with Crippen molar-refractivity contribution in [1.82, 2.24) is 0 Å². The highest BCUT2D eigenvalue weighted by Crippen LogP contribution is 2.13. The molecule has 1 unspecified atom stereocenters. The zero-order valence-corrected chi connectivity index (χ0v) is 29.7. The molecular formula is C39H74O5. The van der Waals surface area contributed by atoms with E-state index < -0.39 is 6.10 Å². The predicted octanol–water partition coefficient (Wildman–Crippen LogP) is 12.0. The van der Waals surface area contributed by atoms with Crippen molar-refractivity contribution in [3.63, 3.8) is 0 Å². The zero-order valence-electron chi connectivity index (χ0n) is 29.7. The molecule has 5 heteroatoms. The van der Waals surface area contributed by atoms with Crippen molar-refractivity contribution >= 4 is 11.9 Å². The topological polar surface area (TPSA) is 61.8 Å². The maximum atomic E-state index is 12.4. The third-order valence-corrected chi connectivity index (χ3v) is 8.30. The van der Waals surface area contributed by atoms with Crippen molar-refractivity contribution < 1.29 is 23.8 Å². The van der Waals surface area contributed by atoms with Crippen LogP contribution in [-0.2, 0) is 23.8 Å². The summed E-state index contributed by atoms with van der Waals surface area (Å²) < 4.78 is 17.1. The van der Waals surface area contributed by atoms with Gasteiger partial charge in [-0.05, 0) is 38.5 Å². The number of carbonyl (C=O) groups is 2. The monoisotopic (exact) mass is 623 g/mol. The highest BCUT2D eigenvalue weighted by molar-refractivity contribution is 5.70. The lowest BCUT2D eigenvalue weighted by atomic mass is 10.1. The number of esters is 2. The van der Waals surface area contributed by atoms with Crippen molar-refractivity contribution in [2.24, 2.45) is 0 Å². The van der Waals surface area contributed by atoms with Crippen LogP contribution < -0.4 is 0 Å². The lowest BCUT2D eigenvalue weighted by Gasteiger charge is -2.18. The number of carbonyl (C=O) groups excluding carboxylic acids is 2. The van der Waals surface area contributed by atoms with E-state index >= 15 is 0 Å². The number of allylic oxidation sites excluding steroid dienone is 2. The van der Waals surface area contributed by atoms with Crippen LogP contribution in [-0.4, -0.2) is 37.9 Å². The highest BCUT2D eigenvalue weighted by atomic mass is 16.6. The van der Waals surface area contributed by atoms with Gasteiger partial charge in [-0.1, -0.05) is 161 Å². The molecule has 0 aliphatic rings. The molecule has 0 saturated heterocycles. The van der Waals surface area contributed by atoms with Gasteiger partial charge < -0.3 is 14.2 Å². The summed E-state index contributed by atoms with van der Waals surface area (Å²) in [6, 6.07) is 0. The van der Waals surface area contributed by atoms with Crippen molar-refractivity contribution in [1.29, 1.82) is 0 Å². The first kappa shape index (κ1) is 42.6. The largest absolute Gasteiger partial charge is 0.462 e. The SMILES string of the molecule is CCCC/C=C\CCCCCCCC(=O)OCC(COCCCCCCCCCCCCCC)OC(=O)CCCCCCC. The number of rotatable bonds is 35. The molecule has 0 aliphatic heterocycles. The van der Waals surface area contributed by atoms with Gasteiger partial charge in [-0.15, -0.1) is 0 Å². The Morgan fingerprint density at radius 2 is 0.909 bits per heavy atom. The van der Waals surface area contributed by atoms with Crippen molar-refractivity contribution in [2.45, 2.75) is 207 Å². The fourth-order valence-electron chi connectivity index (χ4n) is 5.37. The fraction of sp³-hybridized carbons (Fsp3) is 0.897. The molecule has 0 rings (SSSR count). The van der Waals surface area contributed by atoms with Gasteiger partial charge in [-0.2, -0.15) is 0 Å². The second-order valence-corrected chi connectivity index (χ2v) is 12.8. The van der Waals surface area contributed by atoms with E-state index in [-0.39, 0.29) is 18.5 Å². The van der Waals surface area contributed by atoms with E-state index in [2.05, 4.69) is 32.9 Å². The van der Waals surface area contributed by atoms with Gasteiger partial charge in [0, 0.05) is 19.4 Å². The quantitative estimate of drug-likeness (QED) is 0.0400. The van der Waals surface area contributed by atoms with Gasteiger partial charge in [0.15, 0.2) is 6.10 Å². The summed E-state index contributed by atoms with van der Waals surface area (Å²) in [6.07, 6.45) is 36.5. The Balaban J connectivity index is 4.10. The number of ether oxygens (including phenoxy) is 3. The fourth-order valence-corrected chi connectivity index (χ4v) is 5.37. The van der Waals surface area contributed by atoms with Gasteiger partial charge in [-0.25, -0.2) is 0 Å². The molecule has 1 atom stereocenters. The molecule has 0 spiro atoms. The van der Waals surface area contributed by atoms with E-state index in [1.54, 1.807) is 0 Å². The molecule has 5 nitrogen and oxygen atoms in total. The van der Waals surface area contributed by atoms with E-state index in [4.69, 9.17) is 14.2 Å². The average Bonchev–Trinajstić information content (AvgIpc) is 3.02. The molecule has 0 aromatic heterocycles. The van der Waals surface area contributed by atoms with Crippen LogP contribution in [0, 0.1) is 0 Å². The molecule has 0 N–H and O–H groups in total. The van der Waals surface area contributed by atoms with Crippen LogP contribution in [0.3, 0.4) is 0 Å². The average molecular weight is 623 g/mol. The Labute approximate surface area is 274 Å². The van der Waals surface area contributed by atoms with Crippen molar-refractivity contribution in [3.05, 3.63) is 12.2 Å². The molecule has 0 aromatic rings. The molecule has 0 bridgehead atoms. The van der Waals surface area contributed by atoms with Crippen LogP contribution in [0.25, 0.3) is 0 Å².